The quantitative estimate of drug-likeness (QED) is 0.664. The molecule has 0 bridgehead atoms. The minimum atomic E-state index is -0.704. The molecule has 0 saturated carbocycles. The van der Waals surface area contributed by atoms with E-state index < -0.39 is 16.4 Å². The van der Waals surface area contributed by atoms with Gasteiger partial charge >= 0.3 is 5.69 Å². The van der Waals surface area contributed by atoms with Gasteiger partial charge in [0.1, 0.15) is 0 Å². The molecule has 6 heteroatoms. The van der Waals surface area contributed by atoms with Crippen molar-refractivity contribution < 1.29 is 9.31 Å². The van der Waals surface area contributed by atoms with Crippen molar-refractivity contribution in [3.05, 3.63) is 39.7 Å². The summed E-state index contributed by atoms with van der Waals surface area (Å²) in [7, 11) is 0. The summed E-state index contributed by atoms with van der Waals surface area (Å²) in [6, 6.07) is 4.80. The van der Waals surface area contributed by atoms with Crippen LogP contribution in [0.2, 0.25) is 0 Å². The smallest absolute Gasteiger partial charge is 0.305 e. The first-order valence-electron chi connectivity index (χ1n) is 7.00. The van der Waals surface area contributed by atoms with Crippen molar-refractivity contribution in [1.29, 1.82) is 0 Å². The number of rotatable bonds is 5. The maximum Gasteiger partial charge on any atom is 0.305 e. The number of halogens is 1. The van der Waals surface area contributed by atoms with E-state index in [1.807, 2.05) is 6.92 Å². The van der Waals surface area contributed by atoms with Crippen molar-refractivity contribution in [2.24, 2.45) is 0 Å². The van der Waals surface area contributed by atoms with Crippen molar-refractivity contribution in [3.63, 3.8) is 0 Å². The number of nitro benzene ring substituents is 1. The highest BCUT2D eigenvalue weighted by atomic mass is 19.1. The molecule has 0 radical (unpaired) electrons. The minimum Gasteiger partial charge on any atom is -0.317 e. The standard InChI is InChI=1S/C14H20FN3O2/c1-2-17(12-6-8-16-9-7-12)10-11-4-3-5-13(14(11)15)18(19)20/h3-5,12,16H,2,6-10H2,1H3. The van der Waals surface area contributed by atoms with Gasteiger partial charge in [0.05, 0.1) is 4.92 Å². The van der Waals surface area contributed by atoms with E-state index in [4.69, 9.17) is 0 Å². The first kappa shape index (κ1) is 14.9. The second-order valence-electron chi connectivity index (χ2n) is 5.05. The zero-order valence-electron chi connectivity index (χ0n) is 11.6. The van der Waals surface area contributed by atoms with Crippen molar-refractivity contribution >= 4 is 5.69 Å². The lowest BCUT2D eigenvalue weighted by atomic mass is 10.0. The predicted octanol–water partition coefficient (Wildman–Crippen LogP) is 2.31. The van der Waals surface area contributed by atoms with Gasteiger partial charge < -0.3 is 5.32 Å². The van der Waals surface area contributed by atoms with Gasteiger partial charge in [-0.1, -0.05) is 19.1 Å². The topological polar surface area (TPSA) is 58.4 Å². The normalized spacial score (nSPS) is 16.6. The average Bonchev–Trinajstić information content (AvgIpc) is 2.47. The molecule has 1 saturated heterocycles. The summed E-state index contributed by atoms with van der Waals surface area (Å²) < 4.78 is 14.1. The lowest BCUT2D eigenvalue weighted by molar-refractivity contribution is -0.387. The third kappa shape index (κ3) is 3.32. The van der Waals surface area contributed by atoms with E-state index in [-0.39, 0.29) is 0 Å². The third-order valence-electron chi connectivity index (χ3n) is 3.86. The van der Waals surface area contributed by atoms with Gasteiger partial charge in [-0.15, -0.1) is 0 Å². The molecule has 2 rings (SSSR count). The Hall–Kier alpha value is -1.53. The number of piperidine rings is 1. The Morgan fingerprint density at radius 3 is 2.75 bits per heavy atom. The number of nitrogens with zero attached hydrogens (tertiary/aromatic N) is 2. The van der Waals surface area contributed by atoms with Crippen LogP contribution in [0, 0.1) is 15.9 Å². The number of benzene rings is 1. The Balaban J connectivity index is 2.14. The van der Waals surface area contributed by atoms with Crippen LogP contribution in [0.3, 0.4) is 0 Å². The third-order valence-corrected chi connectivity index (χ3v) is 3.86. The molecule has 1 aliphatic rings. The molecule has 0 unspecified atom stereocenters. The van der Waals surface area contributed by atoms with Gasteiger partial charge in [0, 0.05) is 24.2 Å². The fourth-order valence-corrected chi connectivity index (χ4v) is 2.72. The van der Waals surface area contributed by atoms with Gasteiger partial charge in [0.25, 0.3) is 0 Å². The molecular formula is C14H20FN3O2. The van der Waals surface area contributed by atoms with Crippen LogP contribution >= 0.6 is 0 Å². The summed E-state index contributed by atoms with van der Waals surface area (Å²) in [6.07, 6.45) is 2.06. The van der Waals surface area contributed by atoms with Crippen LogP contribution in [0.15, 0.2) is 18.2 Å². The molecule has 1 N–H and O–H groups in total. The summed E-state index contributed by atoms with van der Waals surface area (Å²) in [5.74, 6) is -0.704. The monoisotopic (exact) mass is 281 g/mol. The molecule has 1 aliphatic heterocycles. The highest BCUT2D eigenvalue weighted by Crippen LogP contribution is 2.23. The summed E-state index contributed by atoms with van der Waals surface area (Å²) in [5, 5.41) is 14.1. The van der Waals surface area contributed by atoms with Crippen LogP contribution in [-0.2, 0) is 6.54 Å². The van der Waals surface area contributed by atoms with Crippen LogP contribution in [0.25, 0.3) is 0 Å². The molecule has 110 valence electrons. The maximum atomic E-state index is 14.1. The first-order chi connectivity index (χ1) is 9.63. The summed E-state index contributed by atoms with van der Waals surface area (Å²) in [5.41, 5.74) is -0.0385. The van der Waals surface area contributed by atoms with E-state index in [9.17, 15) is 14.5 Å². The molecular weight excluding hydrogens is 261 g/mol. The second kappa shape index (κ2) is 6.76. The van der Waals surface area contributed by atoms with E-state index in [2.05, 4.69) is 10.2 Å². The number of nitro groups is 1. The molecule has 0 aromatic heterocycles. The zero-order chi connectivity index (χ0) is 14.5. The van der Waals surface area contributed by atoms with Crippen molar-refractivity contribution in [1.82, 2.24) is 10.2 Å². The largest absolute Gasteiger partial charge is 0.317 e. The Morgan fingerprint density at radius 2 is 2.15 bits per heavy atom. The highest BCUT2D eigenvalue weighted by molar-refractivity contribution is 5.36. The molecule has 1 heterocycles. The molecule has 5 nitrogen and oxygen atoms in total. The Labute approximate surface area is 117 Å². The van der Waals surface area contributed by atoms with Crippen molar-refractivity contribution in [2.75, 3.05) is 19.6 Å². The van der Waals surface area contributed by atoms with E-state index in [1.54, 1.807) is 12.1 Å². The van der Waals surface area contributed by atoms with Crippen LogP contribution in [0.4, 0.5) is 10.1 Å². The van der Waals surface area contributed by atoms with Gasteiger partial charge in [-0.05, 0) is 32.5 Å². The number of hydrogen-bond acceptors (Lipinski definition) is 4. The molecule has 0 amide bonds. The number of nitrogens with one attached hydrogen (secondary N) is 1. The molecule has 20 heavy (non-hydrogen) atoms. The molecule has 0 aliphatic carbocycles. The summed E-state index contributed by atoms with van der Waals surface area (Å²) >= 11 is 0. The van der Waals surface area contributed by atoms with E-state index in [0.29, 0.717) is 18.2 Å². The lowest BCUT2D eigenvalue weighted by Gasteiger charge is -2.33. The second-order valence-corrected chi connectivity index (χ2v) is 5.05. The first-order valence-corrected chi connectivity index (χ1v) is 7.00. The van der Waals surface area contributed by atoms with Gasteiger partial charge in [0.15, 0.2) is 0 Å². The number of hydrogen-bond donors (Lipinski definition) is 1. The van der Waals surface area contributed by atoms with Gasteiger partial charge in [-0.25, -0.2) is 0 Å². The molecule has 1 fully saturated rings. The van der Waals surface area contributed by atoms with Crippen LogP contribution in [-0.4, -0.2) is 35.5 Å². The van der Waals surface area contributed by atoms with Gasteiger partial charge in [-0.2, -0.15) is 4.39 Å². The van der Waals surface area contributed by atoms with Gasteiger partial charge in [0.2, 0.25) is 5.82 Å². The fourth-order valence-electron chi connectivity index (χ4n) is 2.72. The lowest BCUT2D eigenvalue weighted by Crippen LogP contribution is -2.42. The average molecular weight is 281 g/mol. The Bertz CT molecular complexity index is 475. The van der Waals surface area contributed by atoms with Crippen molar-refractivity contribution in [3.8, 4) is 0 Å². The fraction of sp³-hybridized carbons (Fsp3) is 0.571. The molecule has 0 spiro atoms. The Kier molecular flexibility index (Phi) is 5.03. The van der Waals surface area contributed by atoms with Crippen LogP contribution in [0.5, 0.6) is 0 Å². The zero-order valence-corrected chi connectivity index (χ0v) is 11.6. The van der Waals surface area contributed by atoms with E-state index >= 15 is 0 Å². The summed E-state index contributed by atoms with van der Waals surface area (Å²) in [4.78, 5) is 12.3. The predicted molar refractivity (Wildman–Crippen MR) is 75.0 cm³/mol. The molecule has 1 aromatic rings. The molecule has 0 atom stereocenters. The van der Waals surface area contributed by atoms with Crippen LogP contribution < -0.4 is 5.32 Å². The SMILES string of the molecule is CCN(Cc1cccc([N+](=O)[O-])c1F)C1CCNCC1. The van der Waals surface area contributed by atoms with E-state index in [1.165, 1.54) is 6.07 Å². The molecule has 1 aromatic carbocycles. The Morgan fingerprint density at radius 1 is 1.45 bits per heavy atom. The van der Waals surface area contributed by atoms with Gasteiger partial charge in [-0.3, -0.25) is 15.0 Å². The summed E-state index contributed by atoms with van der Waals surface area (Å²) in [6.45, 7) is 5.22. The van der Waals surface area contributed by atoms with Crippen LogP contribution in [0.1, 0.15) is 25.3 Å². The minimum absolute atomic E-state index is 0.402. The van der Waals surface area contributed by atoms with Crippen molar-refractivity contribution in [2.45, 2.75) is 32.4 Å². The van der Waals surface area contributed by atoms with E-state index in [0.717, 1.165) is 32.5 Å². The maximum absolute atomic E-state index is 14.1. The highest BCUT2D eigenvalue weighted by Gasteiger charge is 2.23.